The van der Waals surface area contributed by atoms with Crippen LogP contribution in [0.5, 0.6) is 0 Å². The summed E-state index contributed by atoms with van der Waals surface area (Å²) in [5, 5.41) is 3.52. The third kappa shape index (κ3) is 2.76. The number of nitrogens with zero attached hydrogens (tertiary/aromatic N) is 2. The molecule has 0 bridgehead atoms. The summed E-state index contributed by atoms with van der Waals surface area (Å²) in [6, 6.07) is 13.8. The van der Waals surface area contributed by atoms with E-state index in [0.29, 0.717) is 22.5 Å². The molecule has 2 aromatic carbocycles. The van der Waals surface area contributed by atoms with E-state index in [1.54, 1.807) is 12.1 Å². The Kier molecular flexibility index (Phi) is 3.72. The van der Waals surface area contributed by atoms with E-state index in [1.807, 2.05) is 28.8 Å². The molecular formula is C19H17FN4O. The van der Waals surface area contributed by atoms with Gasteiger partial charge >= 0.3 is 0 Å². The number of aromatic amines is 1. The van der Waals surface area contributed by atoms with Gasteiger partial charge in [0.15, 0.2) is 0 Å². The van der Waals surface area contributed by atoms with Gasteiger partial charge in [-0.15, -0.1) is 0 Å². The van der Waals surface area contributed by atoms with Crippen molar-refractivity contribution < 1.29 is 9.18 Å². The number of hydrogen-bond acceptors (Lipinski definition) is 2. The number of halogens is 1. The molecule has 4 aromatic rings. The first-order valence-corrected chi connectivity index (χ1v) is 8.20. The predicted octanol–water partition coefficient (Wildman–Crippen LogP) is 4.32. The van der Waals surface area contributed by atoms with Crippen LogP contribution in [0.2, 0.25) is 0 Å². The van der Waals surface area contributed by atoms with Crippen molar-refractivity contribution in [2.24, 2.45) is 0 Å². The van der Waals surface area contributed by atoms with E-state index in [9.17, 15) is 9.18 Å². The van der Waals surface area contributed by atoms with Crippen molar-refractivity contribution in [3.8, 4) is 0 Å². The van der Waals surface area contributed by atoms with Gasteiger partial charge in [0.2, 0.25) is 5.95 Å². The van der Waals surface area contributed by atoms with Crippen molar-refractivity contribution >= 4 is 33.8 Å². The van der Waals surface area contributed by atoms with Crippen LogP contribution in [0, 0.1) is 5.82 Å². The van der Waals surface area contributed by atoms with Crippen LogP contribution in [0.25, 0.3) is 21.9 Å². The SMILES string of the molecule is CCCn1c(NC(=O)c2cc3cc(F)ccc3[nH]2)nc2ccccc21. The molecular weight excluding hydrogens is 319 g/mol. The van der Waals surface area contributed by atoms with Gasteiger partial charge < -0.3 is 9.55 Å². The van der Waals surface area contributed by atoms with E-state index < -0.39 is 0 Å². The molecule has 5 nitrogen and oxygen atoms in total. The quantitative estimate of drug-likeness (QED) is 0.583. The molecule has 0 radical (unpaired) electrons. The molecule has 0 aliphatic heterocycles. The number of H-pyrrole nitrogens is 1. The highest BCUT2D eigenvalue weighted by Gasteiger charge is 2.15. The maximum atomic E-state index is 13.3. The highest BCUT2D eigenvalue weighted by atomic mass is 19.1. The second-order valence-electron chi connectivity index (χ2n) is 5.94. The Morgan fingerprint density at radius 1 is 1.24 bits per heavy atom. The topological polar surface area (TPSA) is 62.7 Å². The number of nitrogens with one attached hydrogen (secondary N) is 2. The Hall–Kier alpha value is -3.15. The van der Waals surface area contributed by atoms with Crippen LogP contribution in [0.3, 0.4) is 0 Å². The Balaban J connectivity index is 1.69. The van der Waals surface area contributed by atoms with Crippen LogP contribution in [0.4, 0.5) is 10.3 Å². The van der Waals surface area contributed by atoms with Crippen molar-refractivity contribution in [2.75, 3.05) is 5.32 Å². The molecule has 0 saturated heterocycles. The average molecular weight is 336 g/mol. The highest BCUT2D eigenvalue weighted by molar-refractivity contribution is 6.05. The zero-order valence-electron chi connectivity index (χ0n) is 13.7. The second-order valence-corrected chi connectivity index (χ2v) is 5.94. The molecule has 2 heterocycles. The van der Waals surface area contributed by atoms with E-state index >= 15 is 0 Å². The van der Waals surface area contributed by atoms with Crippen LogP contribution < -0.4 is 5.32 Å². The van der Waals surface area contributed by atoms with Gasteiger partial charge in [0.1, 0.15) is 11.5 Å². The molecule has 2 N–H and O–H groups in total. The standard InChI is InChI=1S/C19H17FN4O/c1-2-9-24-17-6-4-3-5-15(17)22-19(24)23-18(25)16-11-12-10-13(20)7-8-14(12)21-16/h3-8,10-11,21H,2,9H2,1H3,(H,22,23,25). The molecule has 0 spiro atoms. The first-order valence-electron chi connectivity index (χ1n) is 8.20. The lowest BCUT2D eigenvalue weighted by Gasteiger charge is -2.08. The largest absolute Gasteiger partial charge is 0.351 e. The van der Waals surface area contributed by atoms with E-state index in [0.717, 1.165) is 24.0 Å². The molecule has 4 rings (SSSR count). The molecule has 0 unspecified atom stereocenters. The van der Waals surface area contributed by atoms with Gasteiger partial charge in [-0.25, -0.2) is 9.37 Å². The Morgan fingerprint density at radius 3 is 2.92 bits per heavy atom. The zero-order valence-corrected chi connectivity index (χ0v) is 13.7. The van der Waals surface area contributed by atoms with Crippen LogP contribution in [-0.4, -0.2) is 20.4 Å². The van der Waals surface area contributed by atoms with Crippen LogP contribution in [-0.2, 0) is 6.54 Å². The van der Waals surface area contributed by atoms with Crippen LogP contribution >= 0.6 is 0 Å². The number of carbonyl (C=O) groups excluding carboxylic acids is 1. The number of amides is 1. The predicted molar refractivity (Wildman–Crippen MR) is 96.2 cm³/mol. The minimum absolute atomic E-state index is 0.302. The van der Waals surface area contributed by atoms with E-state index in [1.165, 1.54) is 12.1 Å². The number of carbonyl (C=O) groups is 1. The van der Waals surface area contributed by atoms with Crippen molar-refractivity contribution in [1.82, 2.24) is 14.5 Å². The fourth-order valence-corrected chi connectivity index (χ4v) is 3.02. The Labute approximate surface area is 143 Å². The van der Waals surface area contributed by atoms with Gasteiger partial charge in [-0.1, -0.05) is 19.1 Å². The number of para-hydroxylation sites is 2. The zero-order chi connectivity index (χ0) is 17.4. The van der Waals surface area contributed by atoms with Crippen LogP contribution in [0.1, 0.15) is 23.8 Å². The third-order valence-corrected chi connectivity index (χ3v) is 4.15. The molecule has 2 aromatic heterocycles. The van der Waals surface area contributed by atoms with Gasteiger partial charge in [-0.3, -0.25) is 10.1 Å². The molecule has 0 aliphatic rings. The first-order chi connectivity index (χ1) is 12.2. The van der Waals surface area contributed by atoms with Crippen molar-refractivity contribution in [3.05, 3.63) is 60.0 Å². The molecule has 1 amide bonds. The normalized spacial score (nSPS) is 11.3. The molecule has 0 saturated carbocycles. The van der Waals surface area contributed by atoms with E-state index in [-0.39, 0.29) is 11.7 Å². The van der Waals surface area contributed by atoms with Gasteiger partial charge in [-0.05, 0) is 42.8 Å². The number of fused-ring (bicyclic) bond motifs is 2. The molecule has 0 atom stereocenters. The van der Waals surface area contributed by atoms with Crippen LogP contribution in [0.15, 0.2) is 48.5 Å². The van der Waals surface area contributed by atoms with Crippen molar-refractivity contribution in [3.63, 3.8) is 0 Å². The average Bonchev–Trinajstić information content (AvgIpc) is 3.17. The summed E-state index contributed by atoms with van der Waals surface area (Å²) in [6.45, 7) is 2.83. The maximum absolute atomic E-state index is 13.3. The lowest BCUT2D eigenvalue weighted by Crippen LogP contribution is -2.16. The summed E-state index contributed by atoms with van der Waals surface area (Å²) >= 11 is 0. The lowest BCUT2D eigenvalue weighted by atomic mass is 10.2. The number of anilines is 1. The Morgan fingerprint density at radius 2 is 2.08 bits per heavy atom. The van der Waals surface area contributed by atoms with Gasteiger partial charge in [0.25, 0.3) is 5.91 Å². The van der Waals surface area contributed by atoms with E-state index in [2.05, 4.69) is 22.2 Å². The lowest BCUT2D eigenvalue weighted by molar-refractivity contribution is 0.102. The van der Waals surface area contributed by atoms with Gasteiger partial charge in [0.05, 0.1) is 11.0 Å². The summed E-state index contributed by atoms with van der Waals surface area (Å²) in [6.07, 6.45) is 0.925. The van der Waals surface area contributed by atoms with Gasteiger partial charge in [0, 0.05) is 17.4 Å². The molecule has 0 fully saturated rings. The number of aryl methyl sites for hydroxylation is 1. The summed E-state index contributed by atoms with van der Waals surface area (Å²) < 4.78 is 15.3. The summed E-state index contributed by atoms with van der Waals surface area (Å²) in [4.78, 5) is 20.1. The smallest absolute Gasteiger partial charge is 0.274 e. The highest BCUT2D eigenvalue weighted by Crippen LogP contribution is 2.22. The van der Waals surface area contributed by atoms with Crippen molar-refractivity contribution in [1.29, 1.82) is 0 Å². The number of benzene rings is 2. The van der Waals surface area contributed by atoms with Crippen molar-refractivity contribution in [2.45, 2.75) is 19.9 Å². The number of hydrogen-bond donors (Lipinski definition) is 2. The fourth-order valence-electron chi connectivity index (χ4n) is 3.02. The number of rotatable bonds is 4. The number of aromatic nitrogens is 3. The Bertz CT molecular complexity index is 1080. The maximum Gasteiger partial charge on any atom is 0.274 e. The summed E-state index contributed by atoms with van der Waals surface area (Å²) in [7, 11) is 0. The molecule has 126 valence electrons. The first kappa shape index (κ1) is 15.4. The monoisotopic (exact) mass is 336 g/mol. The summed E-state index contributed by atoms with van der Waals surface area (Å²) in [5.74, 6) is -0.120. The second kappa shape index (κ2) is 6.05. The molecule has 6 heteroatoms. The third-order valence-electron chi connectivity index (χ3n) is 4.15. The molecule has 25 heavy (non-hydrogen) atoms. The summed E-state index contributed by atoms with van der Waals surface area (Å²) in [5.41, 5.74) is 2.91. The fraction of sp³-hybridized carbons (Fsp3) is 0.158. The van der Waals surface area contributed by atoms with Gasteiger partial charge in [-0.2, -0.15) is 0 Å². The van der Waals surface area contributed by atoms with E-state index in [4.69, 9.17) is 0 Å². The number of imidazole rings is 1. The minimum atomic E-state index is -0.330. The molecule has 0 aliphatic carbocycles. The minimum Gasteiger partial charge on any atom is -0.351 e.